The molecule has 0 fully saturated rings. The number of aliphatic hydroxyl groups is 2. The van der Waals surface area contributed by atoms with Crippen LogP contribution in [0.1, 0.15) is 23.0 Å². The predicted molar refractivity (Wildman–Crippen MR) is 79.7 cm³/mol. The van der Waals surface area contributed by atoms with Crippen LogP contribution in [-0.2, 0) is 12.7 Å². The minimum atomic E-state index is -4.35. The molecule has 3 aromatic rings. The maximum atomic E-state index is 12.6. The smallest absolute Gasteiger partial charge is 0.364 e. The first kappa shape index (κ1) is 15.6. The number of fused-ring (bicyclic) bond motifs is 1. The molecule has 0 amide bonds. The van der Waals surface area contributed by atoms with Crippen molar-refractivity contribution in [2.24, 2.45) is 0 Å². The molecule has 0 radical (unpaired) electrons. The van der Waals surface area contributed by atoms with Crippen molar-refractivity contribution in [3.05, 3.63) is 71.4 Å². The van der Waals surface area contributed by atoms with Gasteiger partial charge in [-0.25, -0.2) is 0 Å². The molecule has 2 aromatic carbocycles. The van der Waals surface area contributed by atoms with Gasteiger partial charge in [-0.2, -0.15) is 13.2 Å². The fraction of sp³-hybridized carbons (Fsp3) is 0.176. The lowest BCUT2D eigenvalue weighted by atomic mass is 10.1. The van der Waals surface area contributed by atoms with E-state index >= 15 is 0 Å². The quantitative estimate of drug-likeness (QED) is 0.723. The van der Waals surface area contributed by atoms with Crippen LogP contribution in [0, 0.1) is 0 Å². The van der Waals surface area contributed by atoms with E-state index in [0.717, 1.165) is 17.5 Å². The van der Waals surface area contributed by atoms with E-state index in [1.165, 1.54) is 12.1 Å². The van der Waals surface area contributed by atoms with Gasteiger partial charge in [-0.1, -0.05) is 30.3 Å². The van der Waals surface area contributed by atoms with Crippen molar-refractivity contribution in [3.63, 3.8) is 0 Å². The minimum absolute atomic E-state index is 0.339. The first-order valence-corrected chi connectivity index (χ1v) is 6.96. The summed E-state index contributed by atoms with van der Waals surface area (Å²) in [7, 11) is 0. The number of para-hydroxylation sites is 1. The van der Waals surface area contributed by atoms with E-state index in [-0.39, 0.29) is 0 Å². The number of halogens is 3. The lowest BCUT2D eigenvalue weighted by molar-refractivity contribution is -0.137. The number of nitrogens with zero attached hydrogens (tertiary/aromatic N) is 1. The highest BCUT2D eigenvalue weighted by Crippen LogP contribution is 2.30. The molecule has 1 aromatic heterocycles. The molecule has 3 rings (SSSR count). The molecule has 120 valence electrons. The number of hydrogen-bond acceptors (Lipinski definition) is 2. The fourth-order valence-electron chi connectivity index (χ4n) is 2.63. The second-order valence-corrected chi connectivity index (χ2v) is 5.30. The molecule has 0 saturated carbocycles. The molecular formula is C17H14F3NO2. The predicted octanol–water partition coefficient (Wildman–Crippen LogP) is 3.69. The molecule has 0 spiro atoms. The lowest BCUT2D eigenvalue weighted by Gasteiger charge is -2.12. The van der Waals surface area contributed by atoms with Crippen LogP contribution >= 0.6 is 0 Å². The Morgan fingerprint density at radius 1 is 0.957 bits per heavy atom. The largest absolute Gasteiger partial charge is 0.416 e. The summed E-state index contributed by atoms with van der Waals surface area (Å²) in [6.07, 6.45) is -4.19. The molecule has 0 unspecified atom stereocenters. The van der Waals surface area contributed by atoms with Crippen molar-refractivity contribution in [1.29, 1.82) is 0 Å². The van der Waals surface area contributed by atoms with Crippen LogP contribution in [0.2, 0.25) is 0 Å². The Hall–Kier alpha value is -2.31. The lowest BCUT2D eigenvalue weighted by Crippen LogP contribution is -2.06. The van der Waals surface area contributed by atoms with Crippen molar-refractivity contribution in [1.82, 2.24) is 4.57 Å². The van der Waals surface area contributed by atoms with Gasteiger partial charge >= 0.3 is 6.18 Å². The Bertz CT molecular complexity index is 820. The Kier molecular flexibility index (Phi) is 3.87. The summed E-state index contributed by atoms with van der Waals surface area (Å²) < 4.78 is 39.5. The van der Waals surface area contributed by atoms with Gasteiger partial charge in [0.25, 0.3) is 0 Å². The number of aromatic nitrogens is 1. The van der Waals surface area contributed by atoms with Gasteiger partial charge in [0, 0.05) is 23.7 Å². The highest BCUT2D eigenvalue weighted by molar-refractivity contribution is 5.83. The Morgan fingerprint density at radius 3 is 2.26 bits per heavy atom. The van der Waals surface area contributed by atoms with E-state index in [1.807, 2.05) is 12.1 Å². The van der Waals surface area contributed by atoms with E-state index in [9.17, 15) is 23.4 Å². The van der Waals surface area contributed by atoms with Crippen molar-refractivity contribution in [3.8, 4) is 0 Å². The van der Waals surface area contributed by atoms with Gasteiger partial charge in [0.15, 0.2) is 6.29 Å². The third-order valence-electron chi connectivity index (χ3n) is 3.73. The zero-order valence-electron chi connectivity index (χ0n) is 12.0. The number of rotatable bonds is 3. The topological polar surface area (TPSA) is 45.4 Å². The molecule has 0 aliphatic heterocycles. The Balaban J connectivity index is 1.96. The standard InChI is InChI=1S/C17H14F3NO2/c18-17(19,20)13-6-4-11(5-7-13)10-21-9-8-12-2-1-3-14(15(12)21)16(22)23/h1-9,16,22-23H,10H2. The van der Waals surface area contributed by atoms with Crippen LogP contribution in [-0.4, -0.2) is 14.8 Å². The second-order valence-electron chi connectivity index (χ2n) is 5.30. The molecule has 6 heteroatoms. The molecule has 3 nitrogen and oxygen atoms in total. The van der Waals surface area contributed by atoms with Gasteiger partial charge < -0.3 is 14.8 Å². The van der Waals surface area contributed by atoms with Gasteiger partial charge in [0.2, 0.25) is 0 Å². The van der Waals surface area contributed by atoms with Crippen molar-refractivity contribution in [2.75, 3.05) is 0 Å². The highest BCUT2D eigenvalue weighted by Gasteiger charge is 2.29. The normalized spacial score (nSPS) is 12.3. The molecule has 23 heavy (non-hydrogen) atoms. The van der Waals surface area contributed by atoms with Crippen molar-refractivity contribution < 1.29 is 23.4 Å². The van der Waals surface area contributed by atoms with Gasteiger partial charge in [-0.05, 0) is 23.8 Å². The summed E-state index contributed by atoms with van der Waals surface area (Å²) in [6.45, 7) is 0.339. The third kappa shape index (κ3) is 3.09. The summed E-state index contributed by atoms with van der Waals surface area (Å²) in [6, 6.07) is 11.9. The second kappa shape index (κ2) is 5.72. The monoisotopic (exact) mass is 321 g/mol. The molecule has 0 saturated heterocycles. The van der Waals surface area contributed by atoms with E-state index in [1.54, 1.807) is 22.9 Å². The highest BCUT2D eigenvalue weighted by atomic mass is 19.4. The van der Waals surface area contributed by atoms with Crippen molar-refractivity contribution in [2.45, 2.75) is 19.0 Å². The maximum Gasteiger partial charge on any atom is 0.416 e. The van der Waals surface area contributed by atoms with E-state index < -0.39 is 18.0 Å². The van der Waals surface area contributed by atoms with Crippen LogP contribution in [0.4, 0.5) is 13.2 Å². The molecular weight excluding hydrogens is 307 g/mol. The Morgan fingerprint density at radius 2 is 1.65 bits per heavy atom. The van der Waals surface area contributed by atoms with Crippen LogP contribution in [0.5, 0.6) is 0 Å². The van der Waals surface area contributed by atoms with Crippen LogP contribution in [0.15, 0.2) is 54.7 Å². The van der Waals surface area contributed by atoms with Gasteiger partial charge in [0.05, 0.1) is 11.1 Å². The van der Waals surface area contributed by atoms with Crippen LogP contribution in [0.25, 0.3) is 10.9 Å². The number of hydrogen-bond donors (Lipinski definition) is 2. The molecule has 0 atom stereocenters. The van der Waals surface area contributed by atoms with Crippen LogP contribution in [0.3, 0.4) is 0 Å². The molecule has 1 heterocycles. The fourth-order valence-corrected chi connectivity index (χ4v) is 2.63. The number of benzene rings is 2. The average molecular weight is 321 g/mol. The van der Waals surface area contributed by atoms with E-state index in [2.05, 4.69) is 0 Å². The number of alkyl halides is 3. The summed E-state index contributed by atoms with van der Waals surface area (Å²) in [5.74, 6) is 0. The first-order valence-electron chi connectivity index (χ1n) is 6.96. The number of aliphatic hydroxyl groups excluding tert-OH is 1. The summed E-state index contributed by atoms with van der Waals surface area (Å²) in [5.41, 5.74) is 1.02. The molecule has 0 bridgehead atoms. The molecule has 0 aliphatic carbocycles. The Labute approximate surface area is 130 Å². The van der Waals surface area contributed by atoms with Crippen LogP contribution < -0.4 is 0 Å². The summed E-state index contributed by atoms with van der Waals surface area (Å²) >= 11 is 0. The van der Waals surface area contributed by atoms with Gasteiger partial charge in [-0.15, -0.1) is 0 Å². The first-order chi connectivity index (χ1) is 10.9. The summed E-state index contributed by atoms with van der Waals surface area (Å²) in [5, 5.41) is 19.8. The third-order valence-corrected chi connectivity index (χ3v) is 3.73. The zero-order chi connectivity index (χ0) is 16.6. The van der Waals surface area contributed by atoms with Crippen molar-refractivity contribution >= 4 is 10.9 Å². The SMILES string of the molecule is OC(O)c1cccc2ccn(Cc3ccc(C(F)(F)F)cc3)c12. The minimum Gasteiger partial charge on any atom is -0.364 e. The van der Waals surface area contributed by atoms with E-state index in [0.29, 0.717) is 23.2 Å². The van der Waals surface area contributed by atoms with Gasteiger partial charge in [0.1, 0.15) is 0 Å². The summed E-state index contributed by atoms with van der Waals surface area (Å²) in [4.78, 5) is 0. The average Bonchev–Trinajstić information content (AvgIpc) is 2.90. The zero-order valence-corrected chi connectivity index (χ0v) is 12.0. The maximum absolute atomic E-state index is 12.6. The molecule has 0 aliphatic rings. The molecule has 2 N–H and O–H groups in total. The van der Waals surface area contributed by atoms with E-state index in [4.69, 9.17) is 0 Å². The van der Waals surface area contributed by atoms with Gasteiger partial charge in [-0.3, -0.25) is 0 Å².